The maximum Gasteiger partial charge on any atom is 0.238 e. The van der Waals surface area contributed by atoms with Gasteiger partial charge in [0.2, 0.25) is 16.0 Å². The number of benzene rings is 2. The molecule has 8 nitrogen and oxygen atoms in total. The van der Waals surface area contributed by atoms with Gasteiger partial charge >= 0.3 is 0 Å². The van der Waals surface area contributed by atoms with Gasteiger partial charge < -0.3 is 15.4 Å². The largest absolute Gasteiger partial charge is 0.490 e. The SMILES string of the molecule is NS(=O)(=O)c1ccc(Nc2ncc3ccc(OC4CCNCC4)cc3n2)cc1. The molecule has 0 spiro atoms. The lowest BCUT2D eigenvalue weighted by Crippen LogP contribution is -2.34. The Morgan fingerprint density at radius 3 is 2.57 bits per heavy atom. The Labute approximate surface area is 163 Å². The van der Waals surface area contributed by atoms with E-state index in [2.05, 4.69) is 20.6 Å². The molecule has 0 saturated carbocycles. The van der Waals surface area contributed by atoms with Gasteiger partial charge in [0.15, 0.2) is 0 Å². The molecule has 0 radical (unpaired) electrons. The molecule has 1 saturated heterocycles. The molecule has 146 valence electrons. The highest BCUT2D eigenvalue weighted by Crippen LogP contribution is 2.23. The minimum Gasteiger partial charge on any atom is -0.490 e. The Balaban J connectivity index is 1.52. The zero-order chi connectivity index (χ0) is 19.6. The first-order valence-electron chi connectivity index (χ1n) is 9.01. The fourth-order valence-electron chi connectivity index (χ4n) is 3.10. The van der Waals surface area contributed by atoms with E-state index in [9.17, 15) is 8.42 Å². The number of ether oxygens (including phenoxy) is 1. The highest BCUT2D eigenvalue weighted by Gasteiger charge is 2.15. The number of nitrogens with two attached hydrogens (primary N) is 1. The third-order valence-electron chi connectivity index (χ3n) is 4.58. The highest BCUT2D eigenvalue weighted by atomic mass is 32.2. The molecule has 1 fully saturated rings. The highest BCUT2D eigenvalue weighted by molar-refractivity contribution is 7.89. The normalized spacial score (nSPS) is 15.5. The van der Waals surface area contributed by atoms with E-state index in [-0.39, 0.29) is 11.0 Å². The lowest BCUT2D eigenvalue weighted by molar-refractivity contribution is 0.162. The van der Waals surface area contributed by atoms with Crippen LogP contribution < -0.4 is 20.5 Å². The van der Waals surface area contributed by atoms with Crippen LogP contribution >= 0.6 is 0 Å². The van der Waals surface area contributed by atoms with Crippen molar-refractivity contribution in [2.45, 2.75) is 23.8 Å². The molecule has 1 aliphatic heterocycles. The molecule has 0 amide bonds. The van der Waals surface area contributed by atoms with E-state index in [0.717, 1.165) is 42.6 Å². The fraction of sp³-hybridized carbons (Fsp3) is 0.263. The van der Waals surface area contributed by atoms with Crippen molar-refractivity contribution in [3.63, 3.8) is 0 Å². The monoisotopic (exact) mass is 399 g/mol. The number of sulfonamides is 1. The summed E-state index contributed by atoms with van der Waals surface area (Å²) >= 11 is 0. The average Bonchev–Trinajstić information content (AvgIpc) is 2.68. The van der Waals surface area contributed by atoms with Crippen molar-refractivity contribution in [2.24, 2.45) is 5.14 Å². The smallest absolute Gasteiger partial charge is 0.238 e. The number of hydrogen-bond donors (Lipinski definition) is 3. The van der Waals surface area contributed by atoms with Crippen molar-refractivity contribution in [3.8, 4) is 5.75 Å². The quantitative estimate of drug-likeness (QED) is 0.601. The van der Waals surface area contributed by atoms with Crippen molar-refractivity contribution in [1.82, 2.24) is 15.3 Å². The van der Waals surface area contributed by atoms with Crippen LogP contribution in [0.15, 0.2) is 53.6 Å². The third kappa shape index (κ3) is 4.38. The second-order valence-corrected chi connectivity index (χ2v) is 8.24. The Hall–Kier alpha value is -2.75. The summed E-state index contributed by atoms with van der Waals surface area (Å²) in [6.07, 6.45) is 3.93. The molecule has 9 heteroatoms. The van der Waals surface area contributed by atoms with Crippen LogP contribution in [0.1, 0.15) is 12.8 Å². The summed E-state index contributed by atoms with van der Waals surface area (Å²) < 4.78 is 28.8. The van der Waals surface area contributed by atoms with Gasteiger partial charge in [0.25, 0.3) is 0 Å². The van der Waals surface area contributed by atoms with E-state index in [4.69, 9.17) is 9.88 Å². The summed E-state index contributed by atoms with van der Waals surface area (Å²) in [5, 5.41) is 12.4. The molecule has 0 aliphatic carbocycles. The molecule has 2 aromatic carbocycles. The number of anilines is 2. The van der Waals surface area contributed by atoms with Crippen LogP contribution in [0, 0.1) is 0 Å². The summed E-state index contributed by atoms with van der Waals surface area (Å²) in [5.41, 5.74) is 1.43. The molecule has 28 heavy (non-hydrogen) atoms. The Kier molecular flexibility index (Phi) is 5.12. The Morgan fingerprint density at radius 2 is 1.86 bits per heavy atom. The van der Waals surface area contributed by atoms with Crippen LogP contribution in [0.5, 0.6) is 5.75 Å². The molecule has 1 aromatic heterocycles. The number of piperidine rings is 1. The van der Waals surface area contributed by atoms with E-state index in [1.165, 1.54) is 12.1 Å². The van der Waals surface area contributed by atoms with Gasteiger partial charge in [-0.3, -0.25) is 0 Å². The molecular formula is C19H21N5O3S. The molecule has 1 aliphatic rings. The molecule has 2 heterocycles. The Morgan fingerprint density at radius 1 is 1.11 bits per heavy atom. The molecule has 0 atom stereocenters. The van der Waals surface area contributed by atoms with Gasteiger partial charge in [0, 0.05) is 23.3 Å². The topological polar surface area (TPSA) is 119 Å². The van der Waals surface area contributed by atoms with Crippen molar-refractivity contribution in [1.29, 1.82) is 0 Å². The minimum absolute atomic E-state index is 0.0529. The maximum absolute atomic E-state index is 11.3. The van der Waals surface area contributed by atoms with Crippen molar-refractivity contribution in [3.05, 3.63) is 48.7 Å². The predicted octanol–water partition coefficient (Wildman–Crippen LogP) is 2.15. The van der Waals surface area contributed by atoms with Gasteiger partial charge in [-0.2, -0.15) is 0 Å². The summed E-state index contributed by atoms with van der Waals surface area (Å²) in [6.45, 7) is 1.94. The Bertz CT molecular complexity index is 1080. The fourth-order valence-corrected chi connectivity index (χ4v) is 3.61. The first kappa shape index (κ1) is 18.6. The average molecular weight is 399 g/mol. The van der Waals surface area contributed by atoms with E-state index >= 15 is 0 Å². The van der Waals surface area contributed by atoms with Gasteiger partial charge in [-0.25, -0.2) is 23.5 Å². The number of fused-ring (bicyclic) bond motifs is 1. The first-order chi connectivity index (χ1) is 13.5. The van der Waals surface area contributed by atoms with Gasteiger partial charge in [0.1, 0.15) is 11.9 Å². The molecule has 0 bridgehead atoms. The molecule has 4 N–H and O–H groups in total. The van der Waals surface area contributed by atoms with Crippen molar-refractivity contribution >= 4 is 32.6 Å². The number of nitrogens with one attached hydrogen (secondary N) is 2. The molecule has 4 rings (SSSR count). The maximum atomic E-state index is 11.3. The van der Waals surface area contributed by atoms with Crippen LogP contribution in [-0.2, 0) is 10.0 Å². The van der Waals surface area contributed by atoms with Crippen LogP contribution in [0.3, 0.4) is 0 Å². The van der Waals surface area contributed by atoms with E-state index < -0.39 is 10.0 Å². The number of aromatic nitrogens is 2. The van der Waals surface area contributed by atoms with Gasteiger partial charge in [-0.15, -0.1) is 0 Å². The van der Waals surface area contributed by atoms with Crippen molar-refractivity contribution < 1.29 is 13.2 Å². The predicted molar refractivity (Wildman–Crippen MR) is 107 cm³/mol. The number of rotatable bonds is 5. The lowest BCUT2D eigenvalue weighted by Gasteiger charge is -2.23. The zero-order valence-electron chi connectivity index (χ0n) is 15.1. The summed E-state index contributed by atoms with van der Waals surface area (Å²) in [7, 11) is -3.72. The lowest BCUT2D eigenvalue weighted by atomic mass is 10.1. The van der Waals surface area contributed by atoms with Crippen LogP contribution in [0.2, 0.25) is 0 Å². The summed E-state index contributed by atoms with van der Waals surface area (Å²) in [4.78, 5) is 8.90. The second-order valence-electron chi connectivity index (χ2n) is 6.68. The summed E-state index contributed by atoms with van der Waals surface area (Å²) in [5.74, 6) is 1.21. The standard InChI is InChI=1S/C19H21N5O3S/c20-28(25,26)17-5-2-14(3-6-17)23-19-22-12-13-1-4-16(11-18(13)24-19)27-15-7-9-21-10-8-15/h1-6,11-12,15,21H,7-10H2,(H2,20,25,26)(H,22,23,24). The zero-order valence-corrected chi connectivity index (χ0v) is 15.9. The molecule has 0 unspecified atom stereocenters. The number of hydrogen-bond acceptors (Lipinski definition) is 7. The van der Waals surface area contributed by atoms with Crippen molar-refractivity contribution in [2.75, 3.05) is 18.4 Å². The van der Waals surface area contributed by atoms with E-state index in [1.54, 1.807) is 18.3 Å². The number of nitrogens with zero attached hydrogens (tertiary/aromatic N) is 2. The van der Waals surface area contributed by atoms with Crippen LogP contribution in [-0.4, -0.2) is 37.6 Å². The molecular weight excluding hydrogens is 378 g/mol. The third-order valence-corrected chi connectivity index (χ3v) is 5.51. The van der Waals surface area contributed by atoms with Crippen LogP contribution in [0.4, 0.5) is 11.6 Å². The van der Waals surface area contributed by atoms with E-state index in [1.807, 2.05) is 18.2 Å². The van der Waals surface area contributed by atoms with Gasteiger partial charge in [0.05, 0.1) is 10.4 Å². The number of primary sulfonamides is 1. The van der Waals surface area contributed by atoms with Gasteiger partial charge in [-0.05, 0) is 62.3 Å². The summed E-state index contributed by atoms with van der Waals surface area (Å²) in [6, 6.07) is 11.9. The minimum atomic E-state index is -3.72. The van der Waals surface area contributed by atoms with E-state index in [0.29, 0.717) is 11.6 Å². The molecule has 3 aromatic rings. The van der Waals surface area contributed by atoms with Crippen LogP contribution in [0.25, 0.3) is 10.9 Å². The first-order valence-corrected chi connectivity index (χ1v) is 10.6. The van der Waals surface area contributed by atoms with Gasteiger partial charge in [-0.1, -0.05) is 0 Å². The second kappa shape index (κ2) is 7.70.